The Hall–Kier alpha value is -1.64. The van der Waals surface area contributed by atoms with Gasteiger partial charge in [-0.15, -0.1) is 0 Å². The molecule has 0 saturated heterocycles. The lowest BCUT2D eigenvalue weighted by Gasteiger charge is -2.18. The Morgan fingerprint density at radius 1 is 1.22 bits per heavy atom. The van der Waals surface area contributed by atoms with Gasteiger partial charge >= 0.3 is 5.97 Å². The number of rotatable bonds is 3. The molecule has 1 aromatic rings. The van der Waals surface area contributed by atoms with Crippen molar-refractivity contribution in [3.63, 3.8) is 0 Å². The maximum atomic E-state index is 12.2. The minimum atomic E-state index is -0.789. The highest BCUT2D eigenvalue weighted by Gasteiger charge is 2.51. The van der Waals surface area contributed by atoms with E-state index in [1.54, 1.807) is 24.3 Å². The van der Waals surface area contributed by atoms with E-state index in [9.17, 15) is 14.7 Å². The number of hydrogen-bond donors (Lipinski definition) is 1. The largest absolute Gasteiger partial charge is 0.481 e. The summed E-state index contributed by atoms with van der Waals surface area (Å²) in [7, 11) is 0. The second kappa shape index (κ2) is 3.94. The van der Waals surface area contributed by atoms with Gasteiger partial charge < -0.3 is 5.11 Å². The lowest BCUT2D eigenvalue weighted by atomic mass is 9.84. The van der Waals surface area contributed by atoms with Crippen LogP contribution in [0.2, 0.25) is 0 Å². The molecule has 0 amide bonds. The molecular formula is C15H18O3. The minimum Gasteiger partial charge on any atom is -0.481 e. The smallest absolute Gasteiger partial charge is 0.314 e. The van der Waals surface area contributed by atoms with E-state index in [4.69, 9.17) is 0 Å². The lowest BCUT2D eigenvalue weighted by Crippen LogP contribution is -2.23. The molecular weight excluding hydrogens is 228 g/mol. The first kappa shape index (κ1) is 12.8. The van der Waals surface area contributed by atoms with E-state index >= 15 is 0 Å². The molecule has 0 atom stereocenters. The van der Waals surface area contributed by atoms with Crippen LogP contribution in [-0.4, -0.2) is 16.9 Å². The molecule has 3 heteroatoms. The summed E-state index contributed by atoms with van der Waals surface area (Å²) in [5, 5.41) is 9.26. The summed E-state index contributed by atoms with van der Waals surface area (Å²) in [6.07, 6.45) is 1.32. The van der Waals surface area contributed by atoms with Crippen molar-refractivity contribution < 1.29 is 14.7 Å². The average Bonchev–Trinajstić information content (AvgIpc) is 3.08. The van der Waals surface area contributed by atoms with Crippen LogP contribution in [0.4, 0.5) is 0 Å². The van der Waals surface area contributed by atoms with Crippen LogP contribution < -0.4 is 0 Å². The lowest BCUT2D eigenvalue weighted by molar-refractivity contribution is -0.140. The molecule has 0 unspecified atom stereocenters. The first-order valence-corrected chi connectivity index (χ1v) is 6.16. The van der Waals surface area contributed by atoms with Crippen molar-refractivity contribution in [2.75, 3.05) is 0 Å². The fourth-order valence-electron chi connectivity index (χ4n) is 2.14. The van der Waals surface area contributed by atoms with Crippen molar-refractivity contribution >= 4 is 11.8 Å². The van der Waals surface area contributed by atoms with Crippen molar-refractivity contribution in [1.82, 2.24) is 0 Å². The molecule has 0 aliphatic heterocycles. The number of aliphatic carboxylic acids is 1. The zero-order chi connectivity index (χ0) is 13.6. The van der Waals surface area contributed by atoms with Gasteiger partial charge in [-0.05, 0) is 24.5 Å². The van der Waals surface area contributed by atoms with E-state index in [1.165, 1.54) is 0 Å². The number of hydrogen-bond acceptors (Lipinski definition) is 2. The molecule has 1 aliphatic carbocycles. The summed E-state index contributed by atoms with van der Waals surface area (Å²) in [6, 6.07) is 7.08. The summed E-state index contributed by atoms with van der Waals surface area (Å²) in [6.45, 7) is 5.60. The third-order valence-electron chi connectivity index (χ3n) is 3.52. The molecule has 2 rings (SSSR count). The number of benzene rings is 1. The molecule has 0 heterocycles. The van der Waals surface area contributed by atoms with E-state index in [2.05, 4.69) is 0 Å². The molecule has 1 aliphatic rings. The average molecular weight is 246 g/mol. The van der Waals surface area contributed by atoms with E-state index in [-0.39, 0.29) is 5.78 Å². The molecule has 1 fully saturated rings. The summed E-state index contributed by atoms with van der Waals surface area (Å²) in [4.78, 5) is 23.5. The number of carbonyl (C=O) groups excluding carboxylic acids is 1. The van der Waals surface area contributed by atoms with E-state index < -0.39 is 16.8 Å². The van der Waals surface area contributed by atoms with Gasteiger partial charge in [0, 0.05) is 11.0 Å². The number of carboxylic acid groups (broad SMARTS) is 1. The molecule has 0 bridgehead atoms. The van der Waals surface area contributed by atoms with Gasteiger partial charge in [-0.3, -0.25) is 9.59 Å². The number of carboxylic acids is 1. The molecule has 96 valence electrons. The summed E-state index contributed by atoms with van der Waals surface area (Å²) in [5.41, 5.74) is 0.171. The van der Waals surface area contributed by atoms with Crippen LogP contribution >= 0.6 is 0 Å². The maximum Gasteiger partial charge on any atom is 0.314 e. The second-order valence-electron chi connectivity index (χ2n) is 6.05. The van der Waals surface area contributed by atoms with Crippen molar-refractivity contribution in [2.24, 2.45) is 5.41 Å². The predicted octanol–water partition coefficient (Wildman–Crippen LogP) is 3.03. The highest BCUT2D eigenvalue weighted by Crippen LogP contribution is 2.48. The van der Waals surface area contributed by atoms with Gasteiger partial charge in [-0.25, -0.2) is 0 Å². The van der Waals surface area contributed by atoms with E-state index in [0.29, 0.717) is 18.4 Å². The van der Waals surface area contributed by atoms with Gasteiger partial charge in [0.15, 0.2) is 5.78 Å². The number of Topliss-reactive ketones (excluding diaryl/α,β-unsaturated/α-hetero) is 1. The van der Waals surface area contributed by atoms with Crippen molar-refractivity contribution in [3.8, 4) is 0 Å². The van der Waals surface area contributed by atoms with Gasteiger partial charge in [0.05, 0.1) is 5.41 Å². The van der Waals surface area contributed by atoms with Crippen LogP contribution in [0, 0.1) is 5.41 Å². The van der Waals surface area contributed by atoms with Crippen LogP contribution in [0.5, 0.6) is 0 Å². The van der Waals surface area contributed by atoms with Gasteiger partial charge in [0.1, 0.15) is 0 Å². The van der Waals surface area contributed by atoms with Crippen molar-refractivity contribution in [1.29, 1.82) is 0 Å². The Balaban J connectivity index is 2.38. The van der Waals surface area contributed by atoms with Gasteiger partial charge in [-0.1, -0.05) is 39.0 Å². The number of carbonyl (C=O) groups is 2. The van der Waals surface area contributed by atoms with E-state index in [1.807, 2.05) is 20.8 Å². The first-order valence-electron chi connectivity index (χ1n) is 6.16. The fraction of sp³-hybridized carbons (Fsp3) is 0.467. The third kappa shape index (κ3) is 2.05. The van der Waals surface area contributed by atoms with E-state index in [0.717, 1.165) is 5.56 Å². The van der Waals surface area contributed by atoms with Crippen molar-refractivity contribution in [2.45, 2.75) is 39.0 Å². The Morgan fingerprint density at radius 2 is 1.83 bits per heavy atom. The molecule has 18 heavy (non-hydrogen) atoms. The highest BCUT2D eigenvalue weighted by molar-refractivity contribution is 6.00. The summed E-state index contributed by atoms with van der Waals surface area (Å²) >= 11 is 0. The standard InChI is InChI=1S/C15H18O3/c1-14(2,3)12(16)10-5-4-6-11(9-10)15(7-8-15)13(17)18/h4-6,9H,7-8H2,1-3H3,(H,17,18). The molecule has 3 nitrogen and oxygen atoms in total. The Bertz CT molecular complexity index is 505. The molecule has 1 N–H and O–H groups in total. The quantitative estimate of drug-likeness (QED) is 0.834. The van der Waals surface area contributed by atoms with Crippen LogP contribution in [-0.2, 0) is 10.2 Å². The Kier molecular flexibility index (Phi) is 2.80. The Labute approximate surface area is 107 Å². The normalized spacial score (nSPS) is 17.3. The van der Waals surface area contributed by atoms with Crippen LogP contribution in [0.15, 0.2) is 24.3 Å². The Morgan fingerprint density at radius 3 is 2.28 bits per heavy atom. The van der Waals surface area contributed by atoms with Crippen molar-refractivity contribution in [3.05, 3.63) is 35.4 Å². The number of ketones is 1. The molecule has 1 saturated carbocycles. The second-order valence-corrected chi connectivity index (χ2v) is 6.05. The zero-order valence-electron chi connectivity index (χ0n) is 11.0. The van der Waals surface area contributed by atoms with Crippen LogP contribution in [0.1, 0.15) is 49.5 Å². The molecule has 1 aromatic carbocycles. The summed E-state index contributed by atoms with van der Waals surface area (Å²) < 4.78 is 0. The SMILES string of the molecule is CC(C)(C)C(=O)c1cccc(C2(C(=O)O)CC2)c1. The topological polar surface area (TPSA) is 54.4 Å². The molecule has 0 spiro atoms. The predicted molar refractivity (Wildman–Crippen MR) is 68.8 cm³/mol. The molecule has 0 aromatic heterocycles. The highest BCUT2D eigenvalue weighted by atomic mass is 16.4. The van der Waals surface area contributed by atoms with Gasteiger partial charge in [0.25, 0.3) is 0 Å². The van der Waals surface area contributed by atoms with Gasteiger partial charge in [0.2, 0.25) is 0 Å². The zero-order valence-corrected chi connectivity index (χ0v) is 11.0. The van der Waals surface area contributed by atoms with Gasteiger partial charge in [-0.2, -0.15) is 0 Å². The van der Waals surface area contributed by atoms with Crippen LogP contribution in [0.3, 0.4) is 0 Å². The first-order chi connectivity index (χ1) is 8.27. The minimum absolute atomic E-state index is 0.0468. The molecule has 0 radical (unpaired) electrons. The maximum absolute atomic E-state index is 12.2. The third-order valence-corrected chi connectivity index (χ3v) is 3.52. The monoisotopic (exact) mass is 246 g/mol. The fourth-order valence-corrected chi connectivity index (χ4v) is 2.14. The van der Waals surface area contributed by atoms with Crippen LogP contribution in [0.25, 0.3) is 0 Å². The summed E-state index contributed by atoms with van der Waals surface area (Å²) in [5.74, 6) is -0.742.